The Kier molecular flexibility index (Phi) is 4.07. The van der Waals surface area contributed by atoms with Crippen molar-refractivity contribution in [3.05, 3.63) is 11.1 Å². The van der Waals surface area contributed by atoms with Crippen LogP contribution in [0.15, 0.2) is 6.20 Å². The number of thiazole rings is 1. The predicted octanol–water partition coefficient (Wildman–Crippen LogP) is 2.81. The van der Waals surface area contributed by atoms with Crippen LogP contribution >= 0.6 is 27.3 Å². The fourth-order valence-corrected chi connectivity index (χ4v) is 1.67. The number of aryl methyl sites for hydroxylation is 1. The molecule has 0 bridgehead atoms. The fourth-order valence-electron chi connectivity index (χ4n) is 0.890. The van der Waals surface area contributed by atoms with Gasteiger partial charge in [0.25, 0.3) is 0 Å². The average molecular weight is 277 g/mol. The van der Waals surface area contributed by atoms with Gasteiger partial charge < -0.3 is 5.32 Å². The predicted molar refractivity (Wildman–Crippen MR) is 63.0 cm³/mol. The van der Waals surface area contributed by atoms with Gasteiger partial charge in [-0.2, -0.15) is 0 Å². The smallest absolute Gasteiger partial charge is 0.240 e. The van der Waals surface area contributed by atoms with Crippen LogP contribution in [0.25, 0.3) is 0 Å². The summed E-state index contributed by atoms with van der Waals surface area (Å²) in [6.45, 7) is 5.94. The van der Waals surface area contributed by atoms with Gasteiger partial charge in [-0.3, -0.25) is 4.79 Å². The zero-order valence-corrected chi connectivity index (χ0v) is 10.8. The van der Waals surface area contributed by atoms with E-state index in [9.17, 15) is 4.79 Å². The molecule has 14 heavy (non-hydrogen) atoms. The second kappa shape index (κ2) is 4.89. The molecule has 0 saturated carbocycles. The molecule has 78 valence electrons. The lowest BCUT2D eigenvalue weighted by Gasteiger charge is -2.11. The Labute approximate surface area is 96.1 Å². The summed E-state index contributed by atoms with van der Waals surface area (Å²) >= 11 is 4.82. The molecule has 0 aliphatic rings. The standard InChI is InChI=1S/C9H13BrN2OS/c1-5(2)7(10)8(13)12-9-11-4-6(3)14-9/h4-5,7H,1-3H3,(H,11,12,13). The Morgan fingerprint density at radius 2 is 2.29 bits per heavy atom. The molecule has 1 N–H and O–H groups in total. The van der Waals surface area contributed by atoms with E-state index in [1.165, 1.54) is 11.3 Å². The van der Waals surface area contributed by atoms with E-state index in [0.29, 0.717) is 5.13 Å². The maximum absolute atomic E-state index is 11.6. The first-order valence-electron chi connectivity index (χ1n) is 4.38. The number of carbonyl (C=O) groups excluding carboxylic acids is 1. The summed E-state index contributed by atoms with van der Waals surface area (Å²) in [5, 5.41) is 3.43. The molecule has 1 unspecified atom stereocenters. The number of carbonyl (C=O) groups is 1. The highest BCUT2D eigenvalue weighted by Gasteiger charge is 2.19. The van der Waals surface area contributed by atoms with Crippen LogP contribution in [0.4, 0.5) is 5.13 Å². The molecule has 1 heterocycles. The van der Waals surface area contributed by atoms with Crippen LogP contribution < -0.4 is 5.32 Å². The third-order valence-corrected chi connectivity index (χ3v) is 3.99. The molecule has 0 aliphatic carbocycles. The normalized spacial score (nSPS) is 12.9. The number of hydrogen-bond acceptors (Lipinski definition) is 3. The summed E-state index contributed by atoms with van der Waals surface area (Å²) in [6.07, 6.45) is 1.75. The maximum Gasteiger partial charge on any atom is 0.240 e. The quantitative estimate of drug-likeness (QED) is 0.863. The van der Waals surface area contributed by atoms with Gasteiger partial charge in [-0.1, -0.05) is 29.8 Å². The molecule has 0 aliphatic heterocycles. The average Bonchev–Trinajstić information content (AvgIpc) is 2.49. The number of hydrogen-bond donors (Lipinski definition) is 1. The molecule has 0 aromatic carbocycles. The zero-order chi connectivity index (χ0) is 10.7. The SMILES string of the molecule is Cc1cnc(NC(=O)C(Br)C(C)C)s1. The molecule has 1 aromatic rings. The topological polar surface area (TPSA) is 42.0 Å². The molecule has 1 rings (SSSR count). The lowest BCUT2D eigenvalue weighted by molar-refractivity contribution is -0.116. The van der Waals surface area contributed by atoms with E-state index in [1.807, 2.05) is 20.8 Å². The molecular weight excluding hydrogens is 264 g/mol. The van der Waals surface area contributed by atoms with Crippen molar-refractivity contribution in [1.82, 2.24) is 4.98 Å². The molecule has 0 radical (unpaired) electrons. The molecule has 5 heteroatoms. The first-order chi connectivity index (χ1) is 6.50. The minimum atomic E-state index is -0.160. The van der Waals surface area contributed by atoms with Gasteiger partial charge in [0.1, 0.15) is 0 Å². The van der Waals surface area contributed by atoms with E-state index in [0.717, 1.165) is 4.88 Å². The van der Waals surface area contributed by atoms with Gasteiger partial charge in [0.15, 0.2) is 5.13 Å². The lowest BCUT2D eigenvalue weighted by Crippen LogP contribution is -2.26. The van der Waals surface area contributed by atoms with Crippen LogP contribution in [0.5, 0.6) is 0 Å². The van der Waals surface area contributed by atoms with Gasteiger partial charge in [0, 0.05) is 11.1 Å². The number of alkyl halides is 1. The number of nitrogens with zero attached hydrogens (tertiary/aromatic N) is 1. The third kappa shape index (κ3) is 3.06. The second-order valence-electron chi connectivity index (χ2n) is 3.41. The number of aromatic nitrogens is 1. The zero-order valence-electron chi connectivity index (χ0n) is 8.37. The Hall–Kier alpha value is -0.420. The summed E-state index contributed by atoms with van der Waals surface area (Å²) in [5.41, 5.74) is 0. The highest BCUT2D eigenvalue weighted by Crippen LogP contribution is 2.19. The highest BCUT2D eigenvalue weighted by molar-refractivity contribution is 9.10. The summed E-state index contributed by atoms with van der Waals surface area (Å²) in [5.74, 6) is 0.241. The maximum atomic E-state index is 11.6. The minimum Gasteiger partial charge on any atom is -0.301 e. The van der Waals surface area contributed by atoms with Gasteiger partial charge in [0.05, 0.1) is 4.83 Å². The Morgan fingerprint density at radius 3 is 2.71 bits per heavy atom. The second-order valence-corrected chi connectivity index (χ2v) is 5.63. The number of amides is 1. The fraction of sp³-hybridized carbons (Fsp3) is 0.556. The summed E-state index contributed by atoms with van der Waals surface area (Å²) in [7, 11) is 0. The highest BCUT2D eigenvalue weighted by atomic mass is 79.9. The van der Waals surface area contributed by atoms with Crippen LogP contribution in [-0.2, 0) is 4.79 Å². The van der Waals surface area contributed by atoms with E-state index in [4.69, 9.17) is 0 Å². The van der Waals surface area contributed by atoms with Crippen molar-refractivity contribution in [1.29, 1.82) is 0 Å². The first-order valence-corrected chi connectivity index (χ1v) is 6.11. The first kappa shape index (κ1) is 11.7. The van der Waals surface area contributed by atoms with E-state index < -0.39 is 0 Å². The van der Waals surface area contributed by atoms with E-state index in [1.54, 1.807) is 6.20 Å². The van der Waals surface area contributed by atoms with Crippen molar-refractivity contribution in [2.45, 2.75) is 25.6 Å². The number of rotatable bonds is 3. The largest absolute Gasteiger partial charge is 0.301 e. The molecule has 1 atom stereocenters. The van der Waals surface area contributed by atoms with Crippen LogP contribution in [0.3, 0.4) is 0 Å². The lowest BCUT2D eigenvalue weighted by atomic mass is 10.1. The minimum absolute atomic E-state index is 0.0330. The third-order valence-electron chi connectivity index (χ3n) is 1.69. The van der Waals surface area contributed by atoms with Gasteiger partial charge in [-0.15, -0.1) is 11.3 Å². The summed E-state index contributed by atoms with van der Waals surface area (Å²) in [6, 6.07) is 0. The number of halogens is 1. The Morgan fingerprint density at radius 1 is 1.64 bits per heavy atom. The van der Waals surface area contributed by atoms with Crippen molar-refractivity contribution in [3.8, 4) is 0 Å². The van der Waals surface area contributed by atoms with Crippen LogP contribution in [0, 0.1) is 12.8 Å². The van der Waals surface area contributed by atoms with Gasteiger partial charge in [-0.25, -0.2) is 4.98 Å². The van der Waals surface area contributed by atoms with E-state index >= 15 is 0 Å². The van der Waals surface area contributed by atoms with Crippen molar-refractivity contribution < 1.29 is 4.79 Å². The molecule has 3 nitrogen and oxygen atoms in total. The van der Waals surface area contributed by atoms with E-state index in [2.05, 4.69) is 26.2 Å². The number of nitrogens with one attached hydrogen (secondary N) is 1. The molecule has 1 aromatic heterocycles. The number of anilines is 1. The Bertz CT molecular complexity index is 324. The monoisotopic (exact) mass is 276 g/mol. The summed E-state index contributed by atoms with van der Waals surface area (Å²) < 4.78 is 0. The van der Waals surface area contributed by atoms with Crippen molar-refractivity contribution in [3.63, 3.8) is 0 Å². The van der Waals surface area contributed by atoms with E-state index in [-0.39, 0.29) is 16.7 Å². The molecular formula is C9H13BrN2OS. The molecule has 0 saturated heterocycles. The van der Waals surface area contributed by atoms with Crippen molar-refractivity contribution in [2.24, 2.45) is 5.92 Å². The van der Waals surface area contributed by atoms with Gasteiger partial charge >= 0.3 is 0 Å². The van der Waals surface area contributed by atoms with Crippen LogP contribution in [0.2, 0.25) is 0 Å². The molecule has 0 spiro atoms. The van der Waals surface area contributed by atoms with Gasteiger partial charge in [0.2, 0.25) is 5.91 Å². The molecule has 1 amide bonds. The molecule has 0 fully saturated rings. The Balaban J connectivity index is 2.57. The van der Waals surface area contributed by atoms with Crippen LogP contribution in [0.1, 0.15) is 18.7 Å². The van der Waals surface area contributed by atoms with Crippen LogP contribution in [-0.4, -0.2) is 15.7 Å². The van der Waals surface area contributed by atoms with Crippen molar-refractivity contribution >= 4 is 38.3 Å². The van der Waals surface area contributed by atoms with Gasteiger partial charge in [-0.05, 0) is 12.8 Å². The van der Waals surface area contributed by atoms with Crippen molar-refractivity contribution in [2.75, 3.05) is 5.32 Å². The summed E-state index contributed by atoms with van der Waals surface area (Å²) in [4.78, 5) is 16.6.